The topological polar surface area (TPSA) is 66.8 Å². The SMILES string of the molecule is CC(C)(C)OC(=O)N1CC[N+](C)(C(=O)O)CC1. The lowest BCUT2D eigenvalue weighted by Crippen LogP contribution is -2.60. The fraction of sp³-hybridized carbons (Fsp3) is 0.818. The van der Waals surface area contributed by atoms with Crippen molar-refractivity contribution in [2.45, 2.75) is 26.4 Å². The molecule has 98 valence electrons. The Kier molecular flexibility index (Phi) is 3.66. The average Bonchev–Trinajstić information content (AvgIpc) is 2.15. The van der Waals surface area contributed by atoms with Crippen molar-refractivity contribution in [3.8, 4) is 0 Å². The number of amides is 2. The van der Waals surface area contributed by atoms with Crippen LogP contribution < -0.4 is 0 Å². The van der Waals surface area contributed by atoms with Gasteiger partial charge in [0.25, 0.3) is 0 Å². The number of hydrogen-bond donors (Lipinski definition) is 1. The molecule has 0 saturated carbocycles. The normalized spacial score (nSPS) is 19.9. The first-order chi connectivity index (χ1) is 7.64. The van der Waals surface area contributed by atoms with Crippen molar-refractivity contribution in [1.29, 1.82) is 0 Å². The van der Waals surface area contributed by atoms with Crippen LogP contribution in [-0.2, 0) is 4.74 Å². The number of carbonyl (C=O) groups excluding carboxylic acids is 1. The van der Waals surface area contributed by atoms with E-state index >= 15 is 0 Å². The molecule has 2 amide bonds. The summed E-state index contributed by atoms with van der Waals surface area (Å²) in [6, 6.07) is 0. The molecule has 1 fully saturated rings. The van der Waals surface area contributed by atoms with Gasteiger partial charge >= 0.3 is 12.2 Å². The van der Waals surface area contributed by atoms with Crippen LogP contribution in [-0.4, -0.2) is 65.5 Å². The van der Waals surface area contributed by atoms with Crippen LogP contribution in [0.2, 0.25) is 0 Å². The number of piperazine rings is 1. The zero-order valence-electron chi connectivity index (χ0n) is 10.9. The van der Waals surface area contributed by atoms with Gasteiger partial charge in [-0.05, 0) is 20.8 Å². The zero-order chi connectivity index (χ0) is 13.3. The predicted octanol–water partition coefficient (Wildman–Crippen LogP) is 1.36. The van der Waals surface area contributed by atoms with Gasteiger partial charge in [-0.3, -0.25) is 4.90 Å². The van der Waals surface area contributed by atoms with Gasteiger partial charge in [-0.15, -0.1) is 0 Å². The standard InChI is InChI=1S/C11H20N2O4/c1-11(2,3)17-9(14)12-5-7-13(4,8-6-12)10(15)16/h5-8H2,1-4H3/p+1. The van der Waals surface area contributed by atoms with Crippen LogP contribution in [0.1, 0.15) is 20.8 Å². The summed E-state index contributed by atoms with van der Waals surface area (Å²) in [5, 5.41) is 9.05. The van der Waals surface area contributed by atoms with Crippen molar-refractivity contribution < 1.29 is 23.9 Å². The smallest absolute Gasteiger partial charge is 0.444 e. The van der Waals surface area contributed by atoms with Gasteiger partial charge in [0.05, 0.1) is 20.1 Å². The molecule has 0 aliphatic carbocycles. The Morgan fingerprint density at radius 1 is 1.24 bits per heavy atom. The van der Waals surface area contributed by atoms with Crippen molar-refractivity contribution in [3.63, 3.8) is 0 Å². The monoisotopic (exact) mass is 245 g/mol. The van der Waals surface area contributed by atoms with Gasteiger partial charge in [0.15, 0.2) is 0 Å². The van der Waals surface area contributed by atoms with E-state index in [0.717, 1.165) is 0 Å². The molecule has 0 radical (unpaired) electrons. The first-order valence-corrected chi connectivity index (χ1v) is 5.70. The van der Waals surface area contributed by atoms with Gasteiger partial charge in [-0.2, -0.15) is 4.79 Å². The highest BCUT2D eigenvalue weighted by Gasteiger charge is 2.38. The summed E-state index contributed by atoms with van der Waals surface area (Å²) in [5.74, 6) is 0. The Morgan fingerprint density at radius 3 is 2.06 bits per heavy atom. The first kappa shape index (κ1) is 13.8. The maximum atomic E-state index is 11.7. The van der Waals surface area contributed by atoms with Crippen molar-refractivity contribution in [3.05, 3.63) is 0 Å². The zero-order valence-corrected chi connectivity index (χ0v) is 10.9. The molecule has 1 heterocycles. The Hall–Kier alpha value is -1.30. The minimum Gasteiger partial charge on any atom is -0.444 e. The Balaban J connectivity index is 2.53. The van der Waals surface area contributed by atoms with Gasteiger partial charge in [-0.25, -0.2) is 9.28 Å². The van der Waals surface area contributed by atoms with Gasteiger partial charge in [-0.1, -0.05) is 0 Å². The van der Waals surface area contributed by atoms with Crippen molar-refractivity contribution in [1.82, 2.24) is 4.90 Å². The highest BCUT2D eigenvalue weighted by Crippen LogP contribution is 2.14. The van der Waals surface area contributed by atoms with Crippen LogP contribution in [0.4, 0.5) is 9.59 Å². The third-order valence-electron chi connectivity index (χ3n) is 2.84. The molecule has 17 heavy (non-hydrogen) atoms. The minimum absolute atomic E-state index is 0.0424. The molecule has 0 bridgehead atoms. The highest BCUT2D eigenvalue weighted by atomic mass is 16.6. The van der Waals surface area contributed by atoms with Crippen LogP contribution in [0.3, 0.4) is 0 Å². The van der Waals surface area contributed by atoms with E-state index in [1.165, 1.54) is 0 Å². The van der Waals surface area contributed by atoms with E-state index in [9.17, 15) is 9.59 Å². The Labute approximate surface area is 101 Å². The predicted molar refractivity (Wildman–Crippen MR) is 61.8 cm³/mol. The summed E-state index contributed by atoms with van der Waals surface area (Å²) < 4.78 is 5.20. The minimum atomic E-state index is -0.853. The molecule has 0 unspecified atom stereocenters. The van der Waals surface area contributed by atoms with E-state index in [1.807, 2.05) is 20.8 Å². The number of likely N-dealkylation sites (N-methyl/N-ethyl adjacent to an activating group) is 1. The molecule has 1 rings (SSSR count). The summed E-state index contributed by atoms with van der Waals surface area (Å²) in [6.07, 6.45) is -1.22. The number of rotatable bonds is 0. The maximum absolute atomic E-state index is 11.7. The number of nitrogens with zero attached hydrogens (tertiary/aromatic N) is 2. The lowest BCUT2D eigenvalue weighted by Gasteiger charge is -2.37. The number of carboxylic acid groups (broad SMARTS) is 1. The van der Waals surface area contributed by atoms with Crippen LogP contribution in [0.15, 0.2) is 0 Å². The second-order valence-corrected chi connectivity index (χ2v) is 5.59. The number of carbonyl (C=O) groups is 2. The second kappa shape index (κ2) is 4.52. The van der Waals surface area contributed by atoms with E-state index in [1.54, 1.807) is 11.9 Å². The molecule has 0 aromatic heterocycles. The van der Waals surface area contributed by atoms with Crippen molar-refractivity contribution >= 4 is 12.2 Å². The van der Waals surface area contributed by atoms with E-state index in [0.29, 0.717) is 26.2 Å². The summed E-state index contributed by atoms with van der Waals surface area (Å²) in [4.78, 5) is 24.3. The molecule has 1 N–H and O–H groups in total. The lowest BCUT2D eigenvalue weighted by atomic mass is 10.2. The second-order valence-electron chi connectivity index (χ2n) is 5.59. The fourth-order valence-electron chi connectivity index (χ4n) is 1.61. The number of hydrogen-bond acceptors (Lipinski definition) is 3. The molecular weight excluding hydrogens is 224 g/mol. The quantitative estimate of drug-likeness (QED) is 0.654. The average molecular weight is 245 g/mol. The van der Waals surface area contributed by atoms with Crippen LogP contribution in [0, 0.1) is 0 Å². The summed E-state index contributed by atoms with van der Waals surface area (Å²) in [5.41, 5.74) is -0.514. The van der Waals surface area contributed by atoms with E-state index in [4.69, 9.17) is 9.84 Å². The van der Waals surface area contributed by atoms with Crippen molar-refractivity contribution in [2.75, 3.05) is 33.2 Å². The number of ether oxygens (including phenoxy) is 1. The number of quaternary nitrogens is 1. The third kappa shape index (κ3) is 3.59. The van der Waals surface area contributed by atoms with Gasteiger partial charge < -0.3 is 9.84 Å². The third-order valence-corrected chi connectivity index (χ3v) is 2.84. The van der Waals surface area contributed by atoms with Gasteiger partial charge in [0, 0.05) is 0 Å². The highest BCUT2D eigenvalue weighted by molar-refractivity contribution is 5.68. The summed E-state index contributed by atoms with van der Waals surface area (Å²) in [6.45, 7) is 7.09. The molecule has 0 aromatic carbocycles. The molecule has 6 heteroatoms. The molecular formula is C11H21N2O4+. The maximum Gasteiger partial charge on any atom is 0.513 e. The molecule has 6 nitrogen and oxygen atoms in total. The summed E-state index contributed by atoms with van der Waals surface area (Å²) >= 11 is 0. The first-order valence-electron chi connectivity index (χ1n) is 5.70. The van der Waals surface area contributed by atoms with E-state index < -0.39 is 11.7 Å². The molecule has 1 saturated heterocycles. The Morgan fingerprint density at radius 2 is 1.71 bits per heavy atom. The molecule has 0 spiro atoms. The summed E-state index contributed by atoms with van der Waals surface area (Å²) in [7, 11) is 1.66. The van der Waals surface area contributed by atoms with Crippen LogP contribution in [0.5, 0.6) is 0 Å². The fourth-order valence-corrected chi connectivity index (χ4v) is 1.61. The molecule has 0 aromatic rings. The van der Waals surface area contributed by atoms with Crippen LogP contribution in [0.25, 0.3) is 0 Å². The molecule has 1 aliphatic rings. The van der Waals surface area contributed by atoms with Gasteiger partial charge in [0.1, 0.15) is 18.7 Å². The molecule has 1 aliphatic heterocycles. The van der Waals surface area contributed by atoms with E-state index in [-0.39, 0.29) is 10.6 Å². The largest absolute Gasteiger partial charge is 0.513 e. The van der Waals surface area contributed by atoms with Gasteiger partial charge in [0.2, 0.25) is 0 Å². The molecule has 0 atom stereocenters. The Bertz CT molecular complexity index is 314. The lowest BCUT2D eigenvalue weighted by molar-refractivity contribution is -0.841. The van der Waals surface area contributed by atoms with Crippen molar-refractivity contribution in [2.24, 2.45) is 0 Å². The van der Waals surface area contributed by atoms with Crippen LogP contribution >= 0.6 is 0 Å². The van der Waals surface area contributed by atoms with E-state index in [2.05, 4.69) is 0 Å².